The number of carbonyl (C=O) groups is 1. The van der Waals surface area contributed by atoms with E-state index in [9.17, 15) is 9.90 Å². The molecule has 2 fully saturated rings. The molecule has 0 unspecified atom stereocenters. The van der Waals surface area contributed by atoms with E-state index < -0.39 is 5.97 Å². The molecular formula is C16H26O2. The fraction of sp³-hybridized carbons (Fsp3) is 0.812. The maximum Gasteiger partial charge on any atom is 0.303 e. The molecular weight excluding hydrogens is 224 g/mol. The summed E-state index contributed by atoms with van der Waals surface area (Å²) >= 11 is 0. The van der Waals surface area contributed by atoms with E-state index in [-0.39, 0.29) is 17.8 Å². The van der Waals surface area contributed by atoms with Gasteiger partial charge in [-0.15, -0.1) is 0 Å². The van der Waals surface area contributed by atoms with Crippen LogP contribution >= 0.6 is 0 Å². The third kappa shape index (κ3) is 2.10. The second-order valence-corrected chi connectivity index (χ2v) is 7.25. The van der Waals surface area contributed by atoms with Crippen LogP contribution in [0.25, 0.3) is 0 Å². The molecule has 0 aromatic carbocycles. The van der Waals surface area contributed by atoms with Crippen molar-refractivity contribution >= 4 is 5.97 Å². The van der Waals surface area contributed by atoms with Crippen LogP contribution in [-0.4, -0.2) is 11.1 Å². The normalized spacial score (nSPS) is 39.2. The molecule has 0 spiro atoms. The van der Waals surface area contributed by atoms with Crippen molar-refractivity contribution in [3.05, 3.63) is 12.2 Å². The Balaban J connectivity index is 2.33. The van der Waals surface area contributed by atoms with Gasteiger partial charge in [0.15, 0.2) is 0 Å². The van der Waals surface area contributed by atoms with E-state index in [1.54, 1.807) is 0 Å². The number of carboxylic acid groups (broad SMARTS) is 1. The quantitative estimate of drug-likeness (QED) is 0.743. The monoisotopic (exact) mass is 250 g/mol. The second-order valence-electron chi connectivity index (χ2n) is 7.25. The average Bonchev–Trinajstić information content (AvgIpc) is 2.22. The predicted molar refractivity (Wildman–Crippen MR) is 73.3 cm³/mol. The van der Waals surface area contributed by atoms with Crippen molar-refractivity contribution in [2.45, 2.75) is 59.3 Å². The highest BCUT2D eigenvalue weighted by atomic mass is 16.4. The summed E-state index contributed by atoms with van der Waals surface area (Å²) in [5.74, 6) is 0.147. The average molecular weight is 250 g/mol. The molecule has 102 valence electrons. The maximum absolute atomic E-state index is 11.2. The third-order valence-electron chi connectivity index (χ3n) is 5.70. The van der Waals surface area contributed by atoms with Gasteiger partial charge >= 0.3 is 5.97 Å². The number of fused-ring (bicyclic) bond motifs is 1. The summed E-state index contributed by atoms with van der Waals surface area (Å²) in [6, 6.07) is 0. The van der Waals surface area contributed by atoms with E-state index in [2.05, 4.69) is 27.4 Å². The van der Waals surface area contributed by atoms with Crippen LogP contribution in [-0.2, 0) is 4.79 Å². The highest BCUT2D eigenvalue weighted by Gasteiger charge is 2.53. The van der Waals surface area contributed by atoms with Crippen LogP contribution in [0.4, 0.5) is 0 Å². The molecule has 0 aromatic rings. The standard InChI is InChI=1S/C16H26O2/c1-11-6-7-13-15(2,3)8-5-9-16(13,4)12(11)10-14(17)18/h12-13H,1,5-10H2,2-4H3,(H,17,18)/t12-,13+,16-/m1/s1. The summed E-state index contributed by atoms with van der Waals surface area (Å²) in [5, 5.41) is 9.18. The van der Waals surface area contributed by atoms with Crippen molar-refractivity contribution in [2.75, 3.05) is 0 Å². The second kappa shape index (κ2) is 4.40. The van der Waals surface area contributed by atoms with Crippen molar-refractivity contribution in [3.63, 3.8) is 0 Å². The van der Waals surface area contributed by atoms with Gasteiger partial charge in [-0.25, -0.2) is 0 Å². The van der Waals surface area contributed by atoms with Crippen molar-refractivity contribution in [3.8, 4) is 0 Å². The highest BCUT2D eigenvalue weighted by molar-refractivity contribution is 5.67. The number of carboxylic acids is 1. The summed E-state index contributed by atoms with van der Waals surface area (Å²) in [4.78, 5) is 11.2. The van der Waals surface area contributed by atoms with Gasteiger partial charge in [-0.3, -0.25) is 4.79 Å². The molecule has 1 N–H and O–H groups in total. The molecule has 2 aliphatic rings. The van der Waals surface area contributed by atoms with Crippen LogP contribution in [0, 0.1) is 22.7 Å². The summed E-state index contributed by atoms with van der Waals surface area (Å²) in [6.07, 6.45) is 6.14. The van der Waals surface area contributed by atoms with Gasteiger partial charge in [0.25, 0.3) is 0 Å². The molecule has 2 aliphatic carbocycles. The lowest BCUT2D eigenvalue weighted by molar-refractivity contribution is -0.141. The first kappa shape index (κ1) is 13.6. The first-order valence-electron chi connectivity index (χ1n) is 7.17. The number of hydrogen-bond acceptors (Lipinski definition) is 1. The van der Waals surface area contributed by atoms with Gasteiger partial charge in [0, 0.05) is 0 Å². The Bertz CT molecular complexity index is 369. The van der Waals surface area contributed by atoms with Crippen LogP contribution in [0.2, 0.25) is 0 Å². The van der Waals surface area contributed by atoms with Crippen LogP contribution in [0.1, 0.15) is 59.3 Å². The molecule has 0 saturated heterocycles. The first-order chi connectivity index (χ1) is 8.27. The zero-order chi connectivity index (χ0) is 13.6. The van der Waals surface area contributed by atoms with Crippen molar-refractivity contribution in [1.82, 2.24) is 0 Å². The van der Waals surface area contributed by atoms with Gasteiger partial charge in [-0.1, -0.05) is 39.3 Å². The molecule has 0 aromatic heterocycles. The van der Waals surface area contributed by atoms with E-state index in [1.807, 2.05) is 0 Å². The van der Waals surface area contributed by atoms with Gasteiger partial charge in [-0.05, 0) is 48.3 Å². The molecule has 3 atom stereocenters. The van der Waals surface area contributed by atoms with E-state index in [0.29, 0.717) is 11.3 Å². The topological polar surface area (TPSA) is 37.3 Å². The highest BCUT2D eigenvalue weighted by Crippen LogP contribution is 2.61. The SMILES string of the molecule is C=C1CC[C@H]2C(C)(C)CCC[C@]2(C)[C@@H]1CC(=O)O. The Morgan fingerprint density at radius 3 is 2.67 bits per heavy atom. The van der Waals surface area contributed by atoms with E-state index in [4.69, 9.17) is 0 Å². The van der Waals surface area contributed by atoms with Crippen LogP contribution in [0.3, 0.4) is 0 Å². The largest absolute Gasteiger partial charge is 0.481 e. The predicted octanol–water partition coefficient (Wildman–Crippen LogP) is 4.26. The summed E-state index contributed by atoms with van der Waals surface area (Å²) in [5.41, 5.74) is 1.67. The van der Waals surface area contributed by atoms with Crippen LogP contribution in [0.15, 0.2) is 12.2 Å². The Kier molecular flexibility index (Phi) is 3.33. The smallest absolute Gasteiger partial charge is 0.303 e. The summed E-state index contributed by atoms with van der Waals surface area (Å²) in [7, 11) is 0. The lowest BCUT2D eigenvalue weighted by Crippen LogP contribution is -2.49. The van der Waals surface area contributed by atoms with E-state index in [1.165, 1.54) is 24.8 Å². The summed E-state index contributed by atoms with van der Waals surface area (Å²) < 4.78 is 0. The molecule has 0 heterocycles. The molecule has 18 heavy (non-hydrogen) atoms. The van der Waals surface area contributed by atoms with Gasteiger partial charge in [0.05, 0.1) is 6.42 Å². The van der Waals surface area contributed by atoms with Gasteiger partial charge < -0.3 is 5.11 Å². The molecule has 0 bridgehead atoms. The van der Waals surface area contributed by atoms with Crippen LogP contribution in [0.5, 0.6) is 0 Å². The lowest BCUT2D eigenvalue weighted by atomic mass is 9.47. The number of hydrogen-bond donors (Lipinski definition) is 1. The number of rotatable bonds is 2. The minimum Gasteiger partial charge on any atom is -0.481 e. The molecule has 0 amide bonds. The Hall–Kier alpha value is -0.790. The Morgan fingerprint density at radius 2 is 2.06 bits per heavy atom. The lowest BCUT2D eigenvalue weighted by Gasteiger charge is -2.57. The van der Waals surface area contributed by atoms with E-state index in [0.717, 1.165) is 12.8 Å². The Morgan fingerprint density at radius 1 is 1.39 bits per heavy atom. The van der Waals surface area contributed by atoms with Crippen molar-refractivity contribution < 1.29 is 9.90 Å². The molecule has 2 heteroatoms. The minimum absolute atomic E-state index is 0.148. The fourth-order valence-electron chi connectivity index (χ4n) is 4.83. The van der Waals surface area contributed by atoms with E-state index >= 15 is 0 Å². The Labute approximate surface area is 110 Å². The van der Waals surface area contributed by atoms with Gasteiger partial charge in [0.1, 0.15) is 0 Å². The molecule has 2 saturated carbocycles. The molecule has 0 radical (unpaired) electrons. The first-order valence-corrected chi connectivity index (χ1v) is 7.17. The third-order valence-corrected chi connectivity index (χ3v) is 5.70. The maximum atomic E-state index is 11.2. The van der Waals surface area contributed by atoms with Crippen LogP contribution < -0.4 is 0 Å². The molecule has 2 rings (SSSR count). The molecule has 2 nitrogen and oxygen atoms in total. The van der Waals surface area contributed by atoms with Gasteiger partial charge in [0.2, 0.25) is 0 Å². The number of allylic oxidation sites excluding steroid dienone is 1. The van der Waals surface area contributed by atoms with Crippen molar-refractivity contribution in [1.29, 1.82) is 0 Å². The van der Waals surface area contributed by atoms with Crippen molar-refractivity contribution in [2.24, 2.45) is 22.7 Å². The van der Waals surface area contributed by atoms with Gasteiger partial charge in [-0.2, -0.15) is 0 Å². The number of aliphatic carboxylic acids is 1. The minimum atomic E-state index is -0.675. The summed E-state index contributed by atoms with van der Waals surface area (Å²) in [6.45, 7) is 11.2. The zero-order valence-electron chi connectivity index (χ0n) is 12.0. The molecule has 0 aliphatic heterocycles. The zero-order valence-corrected chi connectivity index (χ0v) is 12.0. The fourth-order valence-corrected chi connectivity index (χ4v) is 4.83.